The van der Waals surface area contributed by atoms with Crippen LogP contribution in [0, 0.1) is 13.8 Å². The van der Waals surface area contributed by atoms with Gasteiger partial charge in [0.15, 0.2) is 5.13 Å². The third-order valence-corrected chi connectivity index (χ3v) is 8.49. The number of benzene rings is 2. The van der Waals surface area contributed by atoms with Crippen LogP contribution in [0.3, 0.4) is 0 Å². The maximum atomic E-state index is 12.6. The topological polar surface area (TPSA) is 49.3 Å². The first kappa shape index (κ1) is 22.2. The third-order valence-electron chi connectivity index (χ3n) is 6.41. The highest BCUT2D eigenvalue weighted by molar-refractivity contribution is 7.18. The molecule has 1 unspecified atom stereocenters. The van der Waals surface area contributed by atoms with Crippen LogP contribution in [-0.2, 0) is 11.3 Å². The van der Waals surface area contributed by atoms with Gasteiger partial charge in [-0.2, -0.15) is 0 Å². The number of piperidine rings is 1. The van der Waals surface area contributed by atoms with Crippen molar-refractivity contribution in [2.24, 2.45) is 0 Å². The summed E-state index contributed by atoms with van der Waals surface area (Å²) in [6.45, 7) is 8.61. The molecule has 0 radical (unpaired) electrons. The summed E-state index contributed by atoms with van der Waals surface area (Å²) in [6, 6.07) is 14.5. The van der Waals surface area contributed by atoms with Gasteiger partial charge in [0.2, 0.25) is 5.91 Å². The number of carbonyl (C=O) groups is 1. The summed E-state index contributed by atoms with van der Waals surface area (Å²) >= 11 is 3.37. The van der Waals surface area contributed by atoms with E-state index in [1.807, 2.05) is 23.5 Å². The highest BCUT2D eigenvalue weighted by Gasteiger charge is 2.26. The van der Waals surface area contributed by atoms with E-state index in [0.717, 1.165) is 47.2 Å². The van der Waals surface area contributed by atoms with Gasteiger partial charge in [-0.05, 0) is 62.6 Å². The first-order chi connectivity index (χ1) is 16.0. The van der Waals surface area contributed by atoms with Crippen LogP contribution in [0.1, 0.15) is 47.5 Å². The lowest BCUT2D eigenvalue weighted by Crippen LogP contribution is -2.34. The first-order valence-corrected chi connectivity index (χ1v) is 13.1. The van der Waals surface area contributed by atoms with Gasteiger partial charge in [0.05, 0.1) is 26.6 Å². The van der Waals surface area contributed by atoms with E-state index in [-0.39, 0.29) is 5.91 Å². The molecule has 1 saturated heterocycles. The van der Waals surface area contributed by atoms with E-state index in [1.165, 1.54) is 28.1 Å². The number of rotatable bonds is 5. The summed E-state index contributed by atoms with van der Waals surface area (Å²) in [6.07, 6.45) is 2.35. The number of nitrogens with zero attached hydrogens (tertiary/aromatic N) is 4. The number of likely N-dealkylation sites (tertiary alicyclic amines) is 1. The van der Waals surface area contributed by atoms with E-state index in [4.69, 9.17) is 9.97 Å². The third kappa shape index (κ3) is 4.58. The Morgan fingerprint density at radius 2 is 2.00 bits per heavy atom. The molecule has 2 aromatic carbocycles. The van der Waals surface area contributed by atoms with Gasteiger partial charge in [0.1, 0.15) is 0 Å². The van der Waals surface area contributed by atoms with Gasteiger partial charge in [-0.3, -0.25) is 14.6 Å². The molecular formula is C26H28N4OS2. The lowest BCUT2D eigenvalue weighted by Gasteiger charge is -2.31. The normalized spacial score (nSPS) is 16.9. The molecule has 1 aliphatic rings. The fourth-order valence-electron chi connectivity index (χ4n) is 4.55. The van der Waals surface area contributed by atoms with Crippen molar-refractivity contribution in [3.05, 3.63) is 69.7 Å². The predicted octanol–water partition coefficient (Wildman–Crippen LogP) is 6.43. The summed E-state index contributed by atoms with van der Waals surface area (Å²) in [5, 5.41) is 4.08. The molecule has 5 rings (SSSR count). The molecule has 0 bridgehead atoms. The first-order valence-electron chi connectivity index (χ1n) is 11.4. The van der Waals surface area contributed by atoms with Gasteiger partial charge < -0.3 is 0 Å². The number of aromatic nitrogens is 2. The van der Waals surface area contributed by atoms with Crippen molar-refractivity contribution in [2.45, 2.75) is 46.1 Å². The number of fused-ring (bicyclic) bond motifs is 1. The second kappa shape index (κ2) is 9.33. The molecule has 5 nitrogen and oxygen atoms in total. The van der Waals surface area contributed by atoms with Crippen molar-refractivity contribution in [3.8, 4) is 0 Å². The zero-order valence-electron chi connectivity index (χ0n) is 19.2. The Morgan fingerprint density at radius 1 is 1.15 bits per heavy atom. The highest BCUT2D eigenvalue weighted by Crippen LogP contribution is 2.35. The predicted molar refractivity (Wildman–Crippen MR) is 138 cm³/mol. The summed E-state index contributed by atoms with van der Waals surface area (Å²) < 4.78 is 1.27. The average molecular weight is 477 g/mol. The number of anilines is 2. The average Bonchev–Trinajstić information content (AvgIpc) is 3.44. The van der Waals surface area contributed by atoms with Gasteiger partial charge in [0.25, 0.3) is 0 Å². The SMILES string of the molecule is CC(=O)N(c1nc(CN2CCCC(c3nc4ccccc4s3)C2)cs1)c1cccc(C)c1C. The Balaban J connectivity index is 1.32. The molecule has 1 atom stereocenters. The quantitative estimate of drug-likeness (QED) is 0.333. The van der Waals surface area contributed by atoms with E-state index < -0.39 is 0 Å². The Kier molecular flexibility index (Phi) is 6.27. The maximum absolute atomic E-state index is 12.6. The largest absolute Gasteiger partial charge is 0.297 e. The van der Waals surface area contributed by atoms with Crippen LogP contribution in [-0.4, -0.2) is 33.9 Å². The van der Waals surface area contributed by atoms with Crippen LogP contribution in [0.25, 0.3) is 10.2 Å². The number of para-hydroxylation sites is 1. The molecule has 7 heteroatoms. The van der Waals surface area contributed by atoms with Crippen LogP contribution in [0.4, 0.5) is 10.8 Å². The fourth-order valence-corrected chi connectivity index (χ4v) is 6.52. The van der Waals surface area contributed by atoms with Crippen LogP contribution in [0.15, 0.2) is 47.8 Å². The van der Waals surface area contributed by atoms with Crippen molar-refractivity contribution >= 4 is 49.6 Å². The van der Waals surface area contributed by atoms with E-state index in [2.05, 4.69) is 54.5 Å². The molecule has 0 aliphatic carbocycles. The molecule has 170 valence electrons. The van der Waals surface area contributed by atoms with Crippen molar-refractivity contribution in [1.29, 1.82) is 0 Å². The molecule has 0 spiro atoms. The maximum Gasteiger partial charge on any atom is 0.230 e. The molecule has 1 fully saturated rings. The minimum Gasteiger partial charge on any atom is -0.297 e. The van der Waals surface area contributed by atoms with E-state index in [1.54, 1.807) is 23.2 Å². The minimum atomic E-state index is -0.0153. The Morgan fingerprint density at radius 3 is 2.82 bits per heavy atom. The standard InChI is InChI=1S/C26H28N4OS2/c1-17-8-6-11-23(18(17)2)30(19(3)31)26-27-21(16-32-26)15-29-13-7-9-20(14-29)25-28-22-10-4-5-12-24(22)33-25/h4-6,8,10-12,16,20H,7,9,13-15H2,1-3H3. The zero-order chi connectivity index (χ0) is 22.9. The van der Waals surface area contributed by atoms with Crippen LogP contribution >= 0.6 is 22.7 Å². The van der Waals surface area contributed by atoms with Crippen molar-refractivity contribution in [1.82, 2.24) is 14.9 Å². The second-order valence-electron chi connectivity index (χ2n) is 8.79. The van der Waals surface area contributed by atoms with Crippen molar-refractivity contribution in [3.63, 3.8) is 0 Å². The van der Waals surface area contributed by atoms with Crippen LogP contribution in [0.2, 0.25) is 0 Å². The second-order valence-corrected chi connectivity index (χ2v) is 10.7. The van der Waals surface area contributed by atoms with E-state index in [0.29, 0.717) is 5.92 Å². The van der Waals surface area contributed by atoms with Gasteiger partial charge in [-0.25, -0.2) is 9.97 Å². The number of aryl methyl sites for hydroxylation is 1. The summed E-state index contributed by atoms with van der Waals surface area (Å²) in [5.74, 6) is 0.455. The molecule has 4 aromatic rings. The van der Waals surface area contributed by atoms with Gasteiger partial charge >= 0.3 is 0 Å². The molecular weight excluding hydrogens is 448 g/mol. The Bertz CT molecular complexity index is 1260. The molecule has 1 aliphatic heterocycles. The number of carbonyl (C=O) groups excluding carboxylic acids is 1. The number of hydrogen-bond donors (Lipinski definition) is 0. The summed E-state index contributed by atoms with van der Waals surface area (Å²) in [7, 11) is 0. The van der Waals surface area contributed by atoms with E-state index in [9.17, 15) is 4.79 Å². The molecule has 2 aromatic heterocycles. The number of amides is 1. The lowest BCUT2D eigenvalue weighted by molar-refractivity contribution is -0.115. The number of thiazole rings is 2. The van der Waals surface area contributed by atoms with Crippen LogP contribution in [0.5, 0.6) is 0 Å². The Hall–Kier alpha value is -2.61. The van der Waals surface area contributed by atoms with Gasteiger partial charge in [-0.1, -0.05) is 24.3 Å². The number of hydrogen-bond acceptors (Lipinski definition) is 6. The smallest absolute Gasteiger partial charge is 0.230 e. The molecule has 0 saturated carbocycles. The molecule has 0 N–H and O–H groups in total. The highest BCUT2D eigenvalue weighted by atomic mass is 32.1. The van der Waals surface area contributed by atoms with Crippen molar-refractivity contribution < 1.29 is 4.79 Å². The van der Waals surface area contributed by atoms with Crippen molar-refractivity contribution in [2.75, 3.05) is 18.0 Å². The minimum absolute atomic E-state index is 0.0153. The Labute approximate surface area is 202 Å². The molecule has 3 heterocycles. The monoisotopic (exact) mass is 476 g/mol. The fraction of sp³-hybridized carbons (Fsp3) is 0.346. The van der Waals surface area contributed by atoms with E-state index >= 15 is 0 Å². The van der Waals surface area contributed by atoms with Crippen LogP contribution < -0.4 is 4.90 Å². The molecule has 1 amide bonds. The molecule has 33 heavy (non-hydrogen) atoms. The zero-order valence-corrected chi connectivity index (χ0v) is 20.9. The van der Waals surface area contributed by atoms with Gasteiger partial charge in [0, 0.05) is 31.3 Å². The summed E-state index contributed by atoms with van der Waals surface area (Å²) in [5.41, 5.74) is 5.33. The summed E-state index contributed by atoms with van der Waals surface area (Å²) in [4.78, 5) is 26.6. The van der Waals surface area contributed by atoms with Gasteiger partial charge in [-0.15, -0.1) is 22.7 Å². The lowest BCUT2D eigenvalue weighted by atomic mass is 9.98.